The van der Waals surface area contributed by atoms with Gasteiger partial charge in [-0.3, -0.25) is 18.6 Å². The summed E-state index contributed by atoms with van der Waals surface area (Å²) in [7, 11) is -8.76. The molecule has 0 unspecified atom stereocenters. The lowest BCUT2D eigenvalue weighted by Crippen LogP contribution is -2.46. The van der Waals surface area contributed by atoms with Gasteiger partial charge in [-0.2, -0.15) is 30.9 Å². The molecule has 30 heteroatoms. The van der Waals surface area contributed by atoms with Crippen LogP contribution >= 0.6 is 15.5 Å². The Morgan fingerprint density at radius 1 is 0.662 bits per heavy atom. The number of ether oxygens (including phenoxy) is 4. The van der Waals surface area contributed by atoms with Gasteiger partial charge in [-0.25, -0.2) is 28.1 Å². The molecule has 4 fully saturated rings. The van der Waals surface area contributed by atoms with Gasteiger partial charge < -0.3 is 59.9 Å². The van der Waals surface area contributed by atoms with Crippen LogP contribution < -0.4 is 30.7 Å². The largest absolute Gasteiger partial charge is 0.464 e. The summed E-state index contributed by atoms with van der Waals surface area (Å²) >= 11 is 0. The zero-order valence-electron chi connectivity index (χ0n) is 43.0. The Kier molecular flexibility index (Phi) is 17.2. The molecule has 0 amide bonds. The molecule has 2 aliphatic heterocycles. The zero-order chi connectivity index (χ0) is 57.0. The third-order valence-corrected chi connectivity index (χ3v) is 16.7. The molecular formula is C50H58N12O16P2. The smallest absolute Gasteiger partial charge is 0.459 e. The number of esters is 2. The summed E-state index contributed by atoms with van der Waals surface area (Å²) in [5.74, 6) is 0.0227. The minimum absolute atomic E-state index is 0.158. The number of hydrogen-bond acceptors (Lipinski definition) is 24. The van der Waals surface area contributed by atoms with Crippen molar-refractivity contribution >= 4 is 50.1 Å². The first kappa shape index (κ1) is 57.5. The Morgan fingerprint density at radius 3 is 1.39 bits per heavy atom. The first-order chi connectivity index (χ1) is 38.3. The lowest BCUT2D eigenvalue weighted by Gasteiger charge is -2.28. The summed E-state index contributed by atoms with van der Waals surface area (Å²) < 4.78 is 75.2. The summed E-state index contributed by atoms with van der Waals surface area (Å²) in [4.78, 5) is 32.8. The highest BCUT2D eigenvalue weighted by molar-refractivity contribution is 7.52. The summed E-state index contributed by atoms with van der Waals surface area (Å²) in [5, 5.41) is 77.0. The number of nitrogens with zero attached hydrogens (tertiary/aromatic N) is 8. The molecule has 2 saturated heterocycles. The van der Waals surface area contributed by atoms with Crippen molar-refractivity contribution in [3.05, 3.63) is 109 Å². The Bertz CT molecular complexity index is 3140. The molecule has 2 saturated carbocycles. The number of para-hydroxylation sites is 2. The second-order valence-corrected chi connectivity index (χ2v) is 22.9. The molecule has 80 heavy (non-hydrogen) atoms. The quantitative estimate of drug-likeness (QED) is 0.0358. The number of carbonyl (C=O) groups excluding carboxylic acids is 2. The van der Waals surface area contributed by atoms with Crippen LogP contribution in [0.5, 0.6) is 11.5 Å². The fourth-order valence-electron chi connectivity index (χ4n) is 8.53. The summed E-state index contributed by atoms with van der Waals surface area (Å²) in [5.41, 5.74) is 8.88. The van der Waals surface area contributed by atoms with E-state index in [1.165, 1.54) is 59.8 Å². The van der Waals surface area contributed by atoms with E-state index in [2.05, 4.69) is 30.3 Å². The Hall–Kier alpha value is -7.14. The van der Waals surface area contributed by atoms with E-state index in [1.54, 1.807) is 60.7 Å². The molecule has 4 aromatic heterocycles. The number of fused-ring (bicyclic) bond motifs is 2. The van der Waals surface area contributed by atoms with Crippen molar-refractivity contribution in [3.8, 4) is 23.6 Å². The molecule has 28 nitrogen and oxygen atoms in total. The summed E-state index contributed by atoms with van der Waals surface area (Å²) in [6, 6.07) is 24.0. The maximum atomic E-state index is 13.9. The van der Waals surface area contributed by atoms with Crippen LogP contribution in [0, 0.1) is 34.5 Å². The molecule has 0 spiro atoms. The first-order valence-electron chi connectivity index (χ1n) is 25.2. The summed E-state index contributed by atoms with van der Waals surface area (Å²) in [6.45, 7) is 1.81. The Balaban J connectivity index is 0.000000194. The van der Waals surface area contributed by atoms with Crippen LogP contribution in [0.15, 0.2) is 97.6 Å². The number of nitrogens with two attached hydrogens (primary N) is 2. The van der Waals surface area contributed by atoms with Gasteiger partial charge in [0, 0.05) is 0 Å². The number of nitriles is 2. The van der Waals surface area contributed by atoms with Gasteiger partial charge in [0.2, 0.25) is 11.2 Å². The first-order valence-corrected chi connectivity index (χ1v) is 28.3. The molecule has 2 aliphatic carbocycles. The lowest BCUT2D eigenvalue weighted by molar-refractivity contribution is -0.146. The molecule has 424 valence electrons. The van der Waals surface area contributed by atoms with Crippen LogP contribution in [-0.4, -0.2) is 136 Å². The number of nitrogen functional groups attached to an aromatic ring is 2. The number of aliphatic hydroxyl groups is 4. The van der Waals surface area contributed by atoms with Gasteiger partial charge >= 0.3 is 27.4 Å². The predicted molar refractivity (Wildman–Crippen MR) is 277 cm³/mol. The van der Waals surface area contributed by atoms with Crippen LogP contribution in [0.2, 0.25) is 0 Å². The predicted octanol–water partition coefficient (Wildman–Crippen LogP) is 3.00. The monoisotopic (exact) mass is 1140 g/mol. The molecule has 10 N–H and O–H groups in total. The Labute approximate surface area is 456 Å². The highest BCUT2D eigenvalue weighted by Crippen LogP contribution is 2.50. The van der Waals surface area contributed by atoms with Crippen molar-refractivity contribution < 1.29 is 76.2 Å². The molecule has 2 aromatic carbocycles. The van der Waals surface area contributed by atoms with E-state index >= 15 is 0 Å². The second kappa shape index (κ2) is 23.9. The van der Waals surface area contributed by atoms with Crippen LogP contribution in [0.3, 0.4) is 0 Å². The Morgan fingerprint density at radius 2 is 1.04 bits per heavy atom. The third-order valence-electron chi connectivity index (χ3n) is 13.4. The van der Waals surface area contributed by atoms with Crippen LogP contribution in [0.1, 0.15) is 63.1 Å². The number of benzene rings is 2. The van der Waals surface area contributed by atoms with Gasteiger partial charge in [0.05, 0.1) is 24.6 Å². The van der Waals surface area contributed by atoms with E-state index in [1.807, 2.05) is 12.1 Å². The highest BCUT2D eigenvalue weighted by Gasteiger charge is 2.59. The van der Waals surface area contributed by atoms with Gasteiger partial charge in [0.15, 0.2) is 11.6 Å². The number of nitrogens with one attached hydrogen (secondary N) is 2. The van der Waals surface area contributed by atoms with Crippen LogP contribution in [0.4, 0.5) is 11.6 Å². The molecule has 4 aliphatic rings. The normalized spacial score (nSPS) is 26.6. The minimum Gasteiger partial charge on any atom is -0.464 e. The van der Waals surface area contributed by atoms with Gasteiger partial charge in [-0.05, 0) is 99.9 Å². The number of carbonyl (C=O) groups is 2. The van der Waals surface area contributed by atoms with Crippen molar-refractivity contribution in [2.24, 2.45) is 11.8 Å². The molecule has 6 aromatic rings. The standard InChI is InChI=1S/2C25H29N6O8P/c2*1-15(24(34)36-11-16-7-8-16)30-40(35,39-17-5-3-2-4-6-17)37-13-25(12-26)22(33)20(32)21(38-25)18-9-10-19-23(27)28-14-29-31(18)19/h2*2-6,9-10,14-16,20-22,32-33H,7-8,11,13H2,1H3,(H,30,35)(H2,27,28,29)/t15-,20-,21-,22-,25+,40+;15-,20-,21-,22-,25+,40-/m00/s1. The second-order valence-electron chi connectivity index (χ2n) is 19.6. The van der Waals surface area contributed by atoms with Crippen molar-refractivity contribution in [1.82, 2.24) is 39.4 Å². The van der Waals surface area contributed by atoms with E-state index in [9.17, 15) is 49.7 Å². The van der Waals surface area contributed by atoms with E-state index in [-0.39, 0.29) is 36.3 Å². The maximum absolute atomic E-state index is 13.9. The highest BCUT2D eigenvalue weighted by atomic mass is 31.2. The van der Waals surface area contributed by atoms with Crippen LogP contribution in [0.25, 0.3) is 11.0 Å². The fraction of sp³-hybridized carbons (Fsp3) is 0.440. The lowest BCUT2D eigenvalue weighted by atomic mass is 9.96. The van der Waals surface area contributed by atoms with Crippen molar-refractivity contribution in [2.45, 2.75) is 99.4 Å². The molecule has 12 atom stereocenters. The average Bonchev–Trinajstić information content (AvgIpc) is 4.40. The van der Waals surface area contributed by atoms with E-state index < -0.39 is 101 Å². The topological polar surface area (TPSA) is 407 Å². The van der Waals surface area contributed by atoms with Gasteiger partial charge in [-0.1, -0.05) is 36.4 Å². The molecular weight excluding hydrogens is 1090 g/mol. The van der Waals surface area contributed by atoms with E-state index in [4.69, 9.17) is 48.5 Å². The van der Waals surface area contributed by atoms with Gasteiger partial charge in [-0.15, -0.1) is 0 Å². The molecule has 0 bridgehead atoms. The SMILES string of the molecule is C[C@H](N[P@@](=O)(OC[C@@]1(C#N)O[C@@H](c2ccc3c(N)ncnn23)[C@H](O)[C@@H]1O)Oc1ccccc1)C(=O)OCC1CC1.C[C@H](N[P@](=O)(OC[C@@]1(C#N)O[C@@H](c2ccc3c(N)ncnn23)[C@H](O)[C@@H]1O)Oc1ccccc1)C(=O)OCC1CC1. The molecule has 6 heterocycles. The number of aliphatic hydroxyl groups excluding tert-OH is 4. The number of hydrogen-bond donors (Lipinski definition) is 8. The fourth-order valence-corrected chi connectivity index (χ4v) is 11.6. The maximum Gasteiger partial charge on any atom is 0.459 e. The zero-order valence-corrected chi connectivity index (χ0v) is 44.8. The van der Waals surface area contributed by atoms with Gasteiger partial charge in [0.1, 0.15) is 109 Å². The van der Waals surface area contributed by atoms with Crippen molar-refractivity contribution in [3.63, 3.8) is 0 Å². The summed E-state index contributed by atoms with van der Waals surface area (Å²) in [6.07, 6.45) is -2.82. The van der Waals surface area contributed by atoms with Crippen molar-refractivity contribution in [2.75, 3.05) is 37.9 Å². The minimum atomic E-state index is -4.38. The van der Waals surface area contributed by atoms with E-state index in [0.717, 1.165) is 25.7 Å². The average molecular weight is 1150 g/mol. The van der Waals surface area contributed by atoms with E-state index in [0.29, 0.717) is 34.3 Å². The third kappa shape index (κ3) is 12.7. The number of aromatic nitrogens is 6. The molecule has 10 rings (SSSR count). The molecule has 0 radical (unpaired) electrons. The van der Waals surface area contributed by atoms with Crippen molar-refractivity contribution in [1.29, 1.82) is 10.5 Å². The number of rotatable bonds is 22. The number of anilines is 2. The van der Waals surface area contributed by atoms with Crippen LogP contribution in [-0.2, 0) is 46.7 Å². The van der Waals surface area contributed by atoms with Gasteiger partial charge in [0.25, 0.3) is 0 Å².